The molecule has 0 aliphatic heterocycles. The zero-order valence-corrected chi connectivity index (χ0v) is 14.2. The average molecular weight is 350 g/mol. The van der Waals surface area contributed by atoms with Gasteiger partial charge in [-0.25, -0.2) is 5.43 Å². The van der Waals surface area contributed by atoms with Crippen molar-refractivity contribution in [1.29, 1.82) is 0 Å². The number of rotatable bonds is 2. The number of carbonyl (C=O) groups is 1. The lowest BCUT2D eigenvalue weighted by atomic mass is 9.70. The Labute approximate surface area is 133 Å². The third-order valence-corrected chi connectivity index (χ3v) is 6.21. The van der Waals surface area contributed by atoms with Crippen LogP contribution in [0.3, 0.4) is 0 Å². The first-order valence-electron chi connectivity index (χ1n) is 7.32. The summed E-state index contributed by atoms with van der Waals surface area (Å²) in [5.41, 5.74) is 4.74. The minimum Gasteiger partial charge on any atom is -0.267 e. The summed E-state index contributed by atoms with van der Waals surface area (Å²) in [6, 6.07) is 1.75. The maximum absolute atomic E-state index is 12.1. The van der Waals surface area contributed by atoms with E-state index in [0.717, 1.165) is 23.0 Å². The van der Waals surface area contributed by atoms with Crippen LogP contribution in [0, 0.1) is 16.7 Å². The number of halogens is 1. The second-order valence-electron chi connectivity index (χ2n) is 6.88. The highest BCUT2D eigenvalue weighted by Crippen LogP contribution is 2.63. The zero-order valence-electron chi connectivity index (χ0n) is 12.6. The van der Waals surface area contributed by atoms with Crippen LogP contribution in [0.5, 0.6) is 0 Å². The summed E-state index contributed by atoms with van der Waals surface area (Å²) >= 11 is 3.32. The molecule has 112 valence electrons. The first-order chi connectivity index (χ1) is 9.84. The van der Waals surface area contributed by atoms with Gasteiger partial charge in [0.2, 0.25) is 0 Å². The molecule has 0 saturated heterocycles. The van der Waals surface area contributed by atoms with Crippen LogP contribution in [0.4, 0.5) is 0 Å². The Balaban J connectivity index is 1.77. The fourth-order valence-electron chi connectivity index (χ4n) is 3.82. The van der Waals surface area contributed by atoms with Crippen molar-refractivity contribution >= 4 is 27.5 Å². The van der Waals surface area contributed by atoms with Crippen molar-refractivity contribution in [2.45, 2.75) is 40.0 Å². The highest BCUT2D eigenvalue weighted by atomic mass is 79.9. The number of aromatic nitrogens is 1. The highest BCUT2D eigenvalue weighted by molar-refractivity contribution is 9.10. The number of fused-ring (bicyclic) bond motifs is 2. The largest absolute Gasteiger partial charge is 0.272 e. The molecule has 2 atom stereocenters. The molecular weight excluding hydrogens is 330 g/mol. The Hall–Kier alpha value is -1.23. The quantitative estimate of drug-likeness (QED) is 0.826. The van der Waals surface area contributed by atoms with Gasteiger partial charge in [-0.1, -0.05) is 20.8 Å². The van der Waals surface area contributed by atoms with E-state index in [1.165, 1.54) is 6.42 Å². The molecule has 21 heavy (non-hydrogen) atoms. The summed E-state index contributed by atoms with van der Waals surface area (Å²) in [5.74, 6) is 0.478. The number of carbonyl (C=O) groups excluding carboxylic acids is 1. The number of hydrogen-bond acceptors (Lipinski definition) is 3. The molecule has 2 bridgehead atoms. The molecule has 0 unspecified atom stereocenters. The number of nitrogens with zero attached hydrogens (tertiary/aromatic N) is 2. The van der Waals surface area contributed by atoms with E-state index in [1.54, 1.807) is 18.5 Å². The molecule has 2 aliphatic rings. The van der Waals surface area contributed by atoms with Crippen LogP contribution in [0.15, 0.2) is 28.0 Å². The van der Waals surface area contributed by atoms with Gasteiger partial charge in [0.1, 0.15) is 0 Å². The molecule has 1 N–H and O–H groups in total. The van der Waals surface area contributed by atoms with Crippen LogP contribution < -0.4 is 5.43 Å². The van der Waals surface area contributed by atoms with Crippen LogP contribution in [-0.4, -0.2) is 16.6 Å². The Kier molecular flexibility index (Phi) is 3.43. The molecule has 0 radical (unpaired) electrons. The van der Waals surface area contributed by atoms with Gasteiger partial charge >= 0.3 is 0 Å². The maximum atomic E-state index is 12.1. The SMILES string of the molecule is CC1(C)[C@@H]2CC[C@]1(C)/C(=N/NC(=O)c1cncc(Br)c1)C2. The first kappa shape index (κ1) is 14.7. The van der Waals surface area contributed by atoms with E-state index >= 15 is 0 Å². The van der Waals surface area contributed by atoms with Crippen LogP contribution >= 0.6 is 15.9 Å². The lowest BCUT2D eigenvalue weighted by Crippen LogP contribution is -2.34. The molecule has 1 amide bonds. The fraction of sp³-hybridized carbons (Fsp3) is 0.562. The standard InChI is InChI=1S/C16H20BrN3O/c1-15(2)11-4-5-16(15,3)13(7-11)19-20-14(21)10-6-12(17)9-18-8-10/h6,8-9,11H,4-5,7H2,1-3H3,(H,20,21)/b19-13+/t11-,16-/m1/s1. The number of nitrogens with one attached hydrogen (secondary N) is 1. The van der Waals surface area contributed by atoms with Crippen molar-refractivity contribution in [3.05, 3.63) is 28.5 Å². The number of hydrazone groups is 1. The van der Waals surface area contributed by atoms with Crippen LogP contribution in [0.25, 0.3) is 0 Å². The van der Waals surface area contributed by atoms with Gasteiger partial charge in [-0.2, -0.15) is 5.10 Å². The second-order valence-corrected chi connectivity index (χ2v) is 7.80. The predicted molar refractivity (Wildman–Crippen MR) is 86.1 cm³/mol. The van der Waals surface area contributed by atoms with Crippen molar-refractivity contribution in [2.75, 3.05) is 0 Å². The Morgan fingerprint density at radius 2 is 2.19 bits per heavy atom. The molecule has 1 aromatic rings. The van der Waals surface area contributed by atoms with E-state index < -0.39 is 0 Å². The number of pyridine rings is 1. The van der Waals surface area contributed by atoms with Gasteiger partial charge in [0.25, 0.3) is 5.91 Å². The molecule has 1 aromatic heterocycles. The monoisotopic (exact) mass is 349 g/mol. The van der Waals surface area contributed by atoms with Crippen LogP contribution in [-0.2, 0) is 0 Å². The lowest BCUT2D eigenvalue weighted by Gasteiger charge is -2.34. The molecule has 4 nitrogen and oxygen atoms in total. The van der Waals surface area contributed by atoms with Crippen LogP contribution in [0.2, 0.25) is 0 Å². The molecule has 1 heterocycles. The molecule has 3 rings (SSSR count). The van der Waals surface area contributed by atoms with Crippen molar-refractivity contribution in [2.24, 2.45) is 21.8 Å². The van der Waals surface area contributed by atoms with E-state index in [9.17, 15) is 4.79 Å². The minimum absolute atomic E-state index is 0.112. The zero-order chi connectivity index (χ0) is 15.3. The van der Waals surface area contributed by atoms with E-state index in [1.807, 2.05) is 0 Å². The molecule has 2 fully saturated rings. The lowest BCUT2D eigenvalue weighted by molar-refractivity contribution is 0.0953. The van der Waals surface area contributed by atoms with Gasteiger partial charge in [0.15, 0.2) is 0 Å². The van der Waals surface area contributed by atoms with Crippen molar-refractivity contribution in [3.63, 3.8) is 0 Å². The summed E-state index contributed by atoms with van der Waals surface area (Å²) in [5, 5.41) is 4.45. The summed E-state index contributed by atoms with van der Waals surface area (Å²) < 4.78 is 0.788. The predicted octanol–water partition coefficient (Wildman–Crippen LogP) is 3.78. The van der Waals surface area contributed by atoms with E-state index in [2.05, 4.69) is 52.2 Å². The molecule has 2 aliphatic carbocycles. The molecule has 5 heteroatoms. The van der Waals surface area contributed by atoms with Gasteiger partial charge in [0, 0.05) is 28.0 Å². The van der Waals surface area contributed by atoms with Gasteiger partial charge in [-0.15, -0.1) is 0 Å². The highest BCUT2D eigenvalue weighted by Gasteiger charge is 2.59. The Morgan fingerprint density at radius 1 is 1.43 bits per heavy atom. The maximum Gasteiger partial charge on any atom is 0.272 e. The number of amides is 1. The Bertz CT molecular complexity index is 626. The fourth-order valence-corrected chi connectivity index (χ4v) is 4.18. The average Bonchev–Trinajstić information content (AvgIpc) is 2.77. The normalized spacial score (nSPS) is 31.6. The van der Waals surface area contributed by atoms with Crippen LogP contribution in [0.1, 0.15) is 50.4 Å². The van der Waals surface area contributed by atoms with Gasteiger partial charge in [0.05, 0.1) is 5.56 Å². The summed E-state index contributed by atoms with van der Waals surface area (Å²) in [6.07, 6.45) is 6.64. The number of hydrogen-bond donors (Lipinski definition) is 1. The van der Waals surface area contributed by atoms with Crippen molar-refractivity contribution in [1.82, 2.24) is 10.4 Å². The smallest absolute Gasteiger partial charge is 0.267 e. The van der Waals surface area contributed by atoms with E-state index in [-0.39, 0.29) is 16.7 Å². The summed E-state index contributed by atoms with van der Waals surface area (Å²) in [4.78, 5) is 16.2. The third-order valence-electron chi connectivity index (χ3n) is 5.77. The van der Waals surface area contributed by atoms with Crippen molar-refractivity contribution < 1.29 is 4.79 Å². The topological polar surface area (TPSA) is 54.4 Å². The molecule has 0 spiro atoms. The molecule has 2 saturated carbocycles. The summed E-state index contributed by atoms with van der Waals surface area (Å²) in [6.45, 7) is 6.94. The van der Waals surface area contributed by atoms with Gasteiger partial charge in [-0.3, -0.25) is 9.78 Å². The van der Waals surface area contributed by atoms with Gasteiger partial charge < -0.3 is 0 Å². The summed E-state index contributed by atoms with van der Waals surface area (Å²) in [7, 11) is 0. The van der Waals surface area contributed by atoms with E-state index in [0.29, 0.717) is 11.5 Å². The second kappa shape index (κ2) is 4.90. The minimum atomic E-state index is -0.208. The Morgan fingerprint density at radius 3 is 2.76 bits per heavy atom. The van der Waals surface area contributed by atoms with Gasteiger partial charge in [-0.05, 0) is 52.6 Å². The molecule has 0 aromatic carbocycles. The third kappa shape index (κ3) is 2.22. The molecular formula is C16H20BrN3O. The first-order valence-corrected chi connectivity index (χ1v) is 8.12. The van der Waals surface area contributed by atoms with E-state index in [4.69, 9.17) is 0 Å². The van der Waals surface area contributed by atoms with Crippen molar-refractivity contribution in [3.8, 4) is 0 Å².